The van der Waals surface area contributed by atoms with E-state index >= 15 is 0 Å². The number of anilines is 2. The second-order valence-corrected chi connectivity index (χ2v) is 8.06. The number of rotatable bonds is 12. The minimum Gasteiger partial charge on any atom is -0.494 e. The maximum atomic E-state index is 12.4. The molecule has 0 atom stereocenters. The molecule has 0 aliphatic carbocycles. The fraction of sp³-hybridized carbons (Fsp3) is 0.296. The van der Waals surface area contributed by atoms with Crippen LogP contribution in [-0.2, 0) is 11.2 Å². The number of carbonyl (C=O) groups is 1. The number of ether oxygens (including phenoxy) is 2. The highest BCUT2D eigenvalue weighted by Gasteiger charge is 2.08. The third-order valence-corrected chi connectivity index (χ3v) is 4.76. The summed E-state index contributed by atoms with van der Waals surface area (Å²) in [7, 11) is 0. The van der Waals surface area contributed by atoms with Gasteiger partial charge in [-0.2, -0.15) is 0 Å². The zero-order chi connectivity index (χ0) is 22.6. The molecule has 0 spiro atoms. The van der Waals surface area contributed by atoms with Gasteiger partial charge < -0.3 is 20.1 Å². The Hall–Kier alpha value is -3.47. The Balaban J connectivity index is 1.40. The van der Waals surface area contributed by atoms with Crippen molar-refractivity contribution >= 4 is 17.3 Å². The van der Waals surface area contributed by atoms with Crippen LogP contribution in [0.1, 0.15) is 25.8 Å². The van der Waals surface area contributed by atoms with E-state index in [1.807, 2.05) is 54.6 Å². The molecule has 3 aromatic carbocycles. The van der Waals surface area contributed by atoms with Gasteiger partial charge in [0.2, 0.25) is 5.91 Å². The Labute approximate surface area is 190 Å². The maximum absolute atomic E-state index is 12.4. The second kappa shape index (κ2) is 12.4. The van der Waals surface area contributed by atoms with Crippen LogP contribution in [0.5, 0.6) is 11.5 Å². The van der Waals surface area contributed by atoms with Gasteiger partial charge in [-0.25, -0.2) is 0 Å². The smallest absolute Gasteiger partial charge is 0.243 e. The zero-order valence-electron chi connectivity index (χ0n) is 18.8. The second-order valence-electron chi connectivity index (χ2n) is 8.06. The van der Waals surface area contributed by atoms with Gasteiger partial charge in [-0.05, 0) is 60.7 Å². The van der Waals surface area contributed by atoms with Crippen molar-refractivity contribution in [3.8, 4) is 11.5 Å². The van der Waals surface area contributed by atoms with E-state index in [0.29, 0.717) is 30.6 Å². The first kappa shape index (κ1) is 23.2. The topological polar surface area (TPSA) is 59.6 Å². The summed E-state index contributed by atoms with van der Waals surface area (Å²) in [6, 6.07) is 25.6. The van der Waals surface area contributed by atoms with Crippen molar-refractivity contribution in [1.82, 2.24) is 0 Å². The van der Waals surface area contributed by atoms with E-state index in [4.69, 9.17) is 9.47 Å². The normalized spacial score (nSPS) is 10.6. The first-order chi connectivity index (χ1) is 15.6. The molecule has 1 amide bonds. The summed E-state index contributed by atoms with van der Waals surface area (Å²) < 4.78 is 11.6. The highest BCUT2D eigenvalue weighted by atomic mass is 16.5. The minimum absolute atomic E-state index is 0.133. The summed E-state index contributed by atoms with van der Waals surface area (Å²) in [6.07, 6.45) is 1.97. The molecule has 5 heteroatoms. The molecule has 0 saturated heterocycles. The standard InChI is InChI=1S/C27H32N2O3/c1-21(2)20-32-26-13-7-6-12-25(26)29-27(30)19-28-23-14-16-24(17-15-23)31-18-8-11-22-9-4-3-5-10-22/h3-7,9-10,12-17,21,28H,8,11,18-20H2,1-2H3,(H,29,30). The lowest BCUT2D eigenvalue weighted by Gasteiger charge is -2.14. The van der Waals surface area contributed by atoms with Crippen molar-refractivity contribution in [2.45, 2.75) is 26.7 Å². The first-order valence-electron chi connectivity index (χ1n) is 11.1. The van der Waals surface area contributed by atoms with Crippen LogP contribution in [0.2, 0.25) is 0 Å². The van der Waals surface area contributed by atoms with E-state index in [1.54, 1.807) is 0 Å². The monoisotopic (exact) mass is 432 g/mol. The molecule has 3 rings (SSSR count). The van der Waals surface area contributed by atoms with E-state index in [2.05, 4.69) is 48.7 Å². The number of hydrogen-bond donors (Lipinski definition) is 2. The summed E-state index contributed by atoms with van der Waals surface area (Å²) in [6.45, 7) is 5.61. The van der Waals surface area contributed by atoms with Crippen LogP contribution in [0.4, 0.5) is 11.4 Å². The van der Waals surface area contributed by atoms with Crippen molar-refractivity contribution in [3.05, 3.63) is 84.4 Å². The Morgan fingerprint density at radius 2 is 1.59 bits per heavy atom. The van der Waals surface area contributed by atoms with Crippen molar-refractivity contribution in [2.24, 2.45) is 5.92 Å². The highest BCUT2D eigenvalue weighted by Crippen LogP contribution is 2.24. The van der Waals surface area contributed by atoms with Gasteiger partial charge in [-0.3, -0.25) is 4.79 Å². The Kier molecular flexibility index (Phi) is 8.99. The molecule has 0 saturated carbocycles. The van der Waals surface area contributed by atoms with Crippen LogP contribution in [0.3, 0.4) is 0 Å². The Morgan fingerprint density at radius 1 is 0.875 bits per heavy atom. The molecule has 0 unspecified atom stereocenters. The summed E-state index contributed by atoms with van der Waals surface area (Å²) in [5, 5.41) is 6.05. The van der Waals surface area contributed by atoms with Gasteiger partial charge in [-0.1, -0.05) is 56.3 Å². The van der Waals surface area contributed by atoms with E-state index < -0.39 is 0 Å². The molecule has 0 radical (unpaired) electrons. The van der Waals surface area contributed by atoms with Crippen LogP contribution in [0, 0.1) is 5.92 Å². The van der Waals surface area contributed by atoms with E-state index in [1.165, 1.54) is 5.56 Å². The average Bonchev–Trinajstić information content (AvgIpc) is 2.81. The zero-order valence-corrected chi connectivity index (χ0v) is 18.8. The SMILES string of the molecule is CC(C)COc1ccccc1NC(=O)CNc1ccc(OCCCc2ccccc2)cc1. The highest BCUT2D eigenvalue weighted by molar-refractivity contribution is 5.95. The summed E-state index contributed by atoms with van der Waals surface area (Å²) in [5.74, 6) is 1.79. The molecule has 0 heterocycles. The molecule has 0 aliphatic heterocycles. The predicted octanol–water partition coefficient (Wildman–Crippen LogP) is 5.78. The van der Waals surface area contributed by atoms with Crippen LogP contribution < -0.4 is 20.1 Å². The molecular weight excluding hydrogens is 400 g/mol. The van der Waals surface area contributed by atoms with Gasteiger partial charge >= 0.3 is 0 Å². The van der Waals surface area contributed by atoms with Gasteiger partial charge in [0.15, 0.2) is 0 Å². The summed E-state index contributed by atoms with van der Waals surface area (Å²) in [5.41, 5.74) is 2.86. The molecule has 0 fully saturated rings. The van der Waals surface area contributed by atoms with Crippen LogP contribution >= 0.6 is 0 Å². The summed E-state index contributed by atoms with van der Waals surface area (Å²) in [4.78, 5) is 12.4. The number of para-hydroxylation sites is 2. The Morgan fingerprint density at radius 3 is 2.34 bits per heavy atom. The van der Waals surface area contributed by atoms with Gasteiger partial charge in [0.25, 0.3) is 0 Å². The molecule has 5 nitrogen and oxygen atoms in total. The van der Waals surface area contributed by atoms with Gasteiger partial charge in [0.05, 0.1) is 25.4 Å². The van der Waals surface area contributed by atoms with Crippen molar-refractivity contribution in [3.63, 3.8) is 0 Å². The lowest BCUT2D eigenvalue weighted by Crippen LogP contribution is -2.22. The van der Waals surface area contributed by atoms with Gasteiger partial charge in [0.1, 0.15) is 11.5 Å². The predicted molar refractivity (Wildman–Crippen MR) is 131 cm³/mol. The fourth-order valence-corrected chi connectivity index (χ4v) is 3.11. The molecule has 2 N–H and O–H groups in total. The number of hydrogen-bond acceptors (Lipinski definition) is 4. The molecule has 168 valence electrons. The largest absolute Gasteiger partial charge is 0.494 e. The third kappa shape index (κ3) is 7.99. The van der Waals surface area contributed by atoms with E-state index in [9.17, 15) is 4.79 Å². The van der Waals surface area contributed by atoms with Crippen molar-refractivity contribution in [2.75, 3.05) is 30.4 Å². The van der Waals surface area contributed by atoms with Gasteiger partial charge in [-0.15, -0.1) is 0 Å². The summed E-state index contributed by atoms with van der Waals surface area (Å²) >= 11 is 0. The first-order valence-corrected chi connectivity index (χ1v) is 11.1. The molecule has 0 aromatic heterocycles. The lowest BCUT2D eigenvalue weighted by molar-refractivity contribution is -0.114. The van der Waals surface area contributed by atoms with Gasteiger partial charge in [0, 0.05) is 5.69 Å². The molecule has 0 aliphatic rings. The van der Waals surface area contributed by atoms with Crippen LogP contribution in [0.25, 0.3) is 0 Å². The van der Waals surface area contributed by atoms with Crippen molar-refractivity contribution in [1.29, 1.82) is 0 Å². The molecule has 32 heavy (non-hydrogen) atoms. The maximum Gasteiger partial charge on any atom is 0.243 e. The van der Waals surface area contributed by atoms with E-state index in [-0.39, 0.29) is 12.5 Å². The molecular formula is C27H32N2O3. The van der Waals surface area contributed by atoms with E-state index in [0.717, 1.165) is 24.3 Å². The quantitative estimate of drug-likeness (QED) is 0.356. The number of benzene rings is 3. The lowest BCUT2D eigenvalue weighted by atomic mass is 10.1. The molecule has 3 aromatic rings. The average molecular weight is 433 g/mol. The fourth-order valence-electron chi connectivity index (χ4n) is 3.11. The van der Waals surface area contributed by atoms with Crippen LogP contribution in [-0.4, -0.2) is 25.7 Å². The van der Waals surface area contributed by atoms with Crippen LogP contribution in [0.15, 0.2) is 78.9 Å². The number of amides is 1. The number of aryl methyl sites for hydroxylation is 1. The third-order valence-electron chi connectivity index (χ3n) is 4.76. The number of carbonyl (C=O) groups excluding carboxylic acids is 1. The number of nitrogens with one attached hydrogen (secondary N) is 2. The molecule has 0 bridgehead atoms. The van der Waals surface area contributed by atoms with Crippen molar-refractivity contribution < 1.29 is 14.3 Å². The minimum atomic E-state index is -0.133. The Bertz CT molecular complexity index is 956.